The van der Waals surface area contributed by atoms with Crippen LogP contribution in [0.25, 0.3) is 0 Å². The van der Waals surface area contributed by atoms with Gasteiger partial charge in [-0.1, -0.05) is 0 Å². The second-order valence-electron chi connectivity index (χ2n) is 4.16. The lowest BCUT2D eigenvalue weighted by Gasteiger charge is -2.13. The number of aryl methyl sites for hydroxylation is 1. The van der Waals surface area contributed by atoms with Gasteiger partial charge in [-0.15, -0.1) is 0 Å². The summed E-state index contributed by atoms with van der Waals surface area (Å²) in [7, 11) is 0. The quantitative estimate of drug-likeness (QED) is 0.731. The van der Waals surface area contributed by atoms with Crippen LogP contribution >= 0.6 is 0 Å². The number of hydrogen-bond donors (Lipinski definition) is 0. The van der Waals surface area contributed by atoms with Gasteiger partial charge in [0, 0.05) is 17.8 Å². The molecule has 14 heavy (non-hydrogen) atoms. The summed E-state index contributed by atoms with van der Waals surface area (Å²) in [5.41, 5.74) is 2.14. The third-order valence-corrected chi connectivity index (χ3v) is 2.81. The van der Waals surface area contributed by atoms with Crippen LogP contribution in [0, 0.1) is 12.8 Å². The Balaban J connectivity index is 2.30. The van der Waals surface area contributed by atoms with Crippen molar-refractivity contribution in [1.29, 1.82) is 0 Å². The Morgan fingerprint density at radius 1 is 1.57 bits per heavy atom. The number of nitrogens with zero attached hydrogens (tertiary/aromatic N) is 1. The summed E-state index contributed by atoms with van der Waals surface area (Å²) >= 11 is 0. The molecular weight excluding hydrogens is 174 g/mol. The summed E-state index contributed by atoms with van der Waals surface area (Å²) < 4.78 is 0. The van der Waals surface area contributed by atoms with Gasteiger partial charge in [-0.05, 0) is 50.3 Å². The minimum atomic E-state index is 0.122. The molecule has 1 heterocycles. The van der Waals surface area contributed by atoms with Gasteiger partial charge < -0.3 is 0 Å². The molecule has 0 saturated heterocycles. The molecule has 0 spiro atoms. The number of pyridine rings is 1. The van der Waals surface area contributed by atoms with Crippen LogP contribution in [0.15, 0.2) is 18.3 Å². The van der Waals surface area contributed by atoms with E-state index in [1.165, 1.54) is 12.8 Å². The van der Waals surface area contributed by atoms with Gasteiger partial charge in [-0.2, -0.15) is 0 Å². The molecule has 1 aromatic rings. The minimum Gasteiger partial charge on any atom is -0.299 e. The summed E-state index contributed by atoms with van der Waals surface area (Å²) in [6.07, 6.45) is 4.19. The molecule has 1 unspecified atom stereocenters. The number of carbonyl (C=O) groups excluding carboxylic acids is 1. The van der Waals surface area contributed by atoms with Crippen LogP contribution < -0.4 is 0 Å². The second-order valence-corrected chi connectivity index (χ2v) is 4.16. The third kappa shape index (κ3) is 1.84. The average Bonchev–Trinajstić information content (AvgIpc) is 2.88. The molecule has 1 fully saturated rings. The molecular formula is C12H15NO. The lowest BCUT2D eigenvalue weighted by Crippen LogP contribution is -2.11. The summed E-state index contributed by atoms with van der Waals surface area (Å²) in [5, 5.41) is 0. The van der Waals surface area contributed by atoms with E-state index in [0.717, 1.165) is 11.3 Å². The molecule has 1 atom stereocenters. The molecule has 0 aromatic carbocycles. The zero-order valence-electron chi connectivity index (χ0n) is 8.66. The SMILES string of the molecule is CC(=O)C(c1ccnc(C)c1)C1CC1. The van der Waals surface area contributed by atoms with Crippen molar-refractivity contribution < 1.29 is 4.79 Å². The van der Waals surface area contributed by atoms with E-state index in [-0.39, 0.29) is 11.7 Å². The fraction of sp³-hybridized carbons (Fsp3) is 0.500. The van der Waals surface area contributed by atoms with Gasteiger partial charge in [0.25, 0.3) is 0 Å². The number of aromatic nitrogens is 1. The van der Waals surface area contributed by atoms with Crippen molar-refractivity contribution >= 4 is 5.78 Å². The highest BCUT2D eigenvalue weighted by molar-refractivity contribution is 5.84. The summed E-state index contributed by atoms with van der Waals surface area (Å²) in [6.45, 7) is 3.66. The van der Waals surface area contributed by atoms with Crippen molar-refractivity contribution in [1.82, 2.24) is 4.98 Å². The highest BCUT2D eigenvalue weighted by atomic mass is 16.1. The zero-order valence-corrected chi connectivity index (χ0v) is 8.66. The molecule has 0 aliphatic heterocycles. The molecule has 74 valence electrons. The van der Waals surface area contributed by atoms with Crippen molar-refractivity contribution in [3.8, 4) is 0 Å². The summed E-state index contributed by atoms with van der Waals surface area (Å²) in [6, 6.07) is 4.00. The molecule has 1 saturated carbocycles. The maximum Gasteiger partial charge on any atom is 0.137 e. The normalized spacial score (nSPS) is 17.9. The molecule has 0 radical (unpaired) electrons. The van der Waals surface area contributed by atoms with Crippen molar-refractivity contribution in [3.05, 3.63) is 29.6 Å². The number of carbonyl (C=O) groups is 1. The van der Waals surface area contributed by atoms with Gasteiger partial charge in [0.2, 0.25) is 0 Å². The highest BCUT2D eigenvalue weighted by Crippen LogP contribution is 2.43. The Hall–Kier alpha value is -1.18. The van der Waals surface area contributed by atoms with Gasteiger partial charge >= 0.3 is 0 Å². The lowest BCUT2D eigenvalue weighted by molar-refractivity contribution is -0.118. The molecule has 0 N–H and O–H groups in total. The maximum atomic E-state index is 11.5. The van der Waals surface area contributed by atoms with Crippen LogP contribution in [0.4, 0.5) is 0 Å². The average molecular weight is 189 g/mol. The van der Waals surface area contributed by atoms with E-state index in [2.05, 4.69) is 4.98 Å². The molecule has 1 aliphatic rings. The van der Waals surface area contributed by atoms with Gasteiger partial charge in [0.15, 0.2) is 0 Å². The van der Waals surface area contributed by atoms with Crippen LogP contribution in [0.5, 0.6) is 0 Å². The van der Waals surface area contributed by atoms with Crippen LogP contribution in [-0.4, -0.2) is 10.8 Å². The van der Waals surface area contributed by atoms with E-state index < -0.39 is 0 Å². The third-order valence-electron chi connectivity index (χ3n) is 2.81. The van der Waals surface area contributed by atoms with E-state index in [0.29, 0.717) is 5.92 Å². The monoisotopic (exact) mass is 189 g/mol. The van der Waals surface area contributed by atoms with Crippen molar-refractivity contribution in [2.45, 2.75) is 32.6 Å². The number of Topliss-reactive ketones (excluding diaryl/α,β-unsaturated/α-hetero) is 1. The van der Waals surface area contributed by atoms with Gasteiger partial charge in [-0.25, -0.2) is 0 Å². The van der Waals surface area contributed by atoms with E-state index >= 15 is 0 Å². The van der Waals surface area contributed by atoms with Crippen molar-refractivity contribution in [2.75, 3.05) is 0 Å². The zero-order chi connectivity index (χ0) is 10.1. The van der Waals surface area contributed by atoms with Gasteiger partial charge in [0.05, 0.1) is 0 Å². The molecule has 1 aliphatic carbocycles. The Labute approximate surface area is 84.4 Å². The fourth-order valence-electron chi connectivity index (χ4n) is 2.03. The first-order chi connectivity index (χ1) is 6.68. The largest absolute Gasteiger partial charge is 0.299 e. The fourth-order valence-corrected chi connectivity index (χ4v) is 2.03. The van der Waals surface area contributed by atoms with Crippen LogP contribution in [0.1, 0.15) is 36.9 Å². The number of ketones is 1. The smallest absolute Gasteiger partial charge is 0.137 e. The summed E-state index contributed by atoms with van der Waals surface area (Å²) in [5.74, 6) is 1.00. The maximum absolute atomic E-state index is 11.5. The molecule has 1 aromatic heterocycles. The van der Waals surface area contributed by atoms with Gasteiger partial charge in [0.1, 0.15) is 5.78 Å². The Morgan fingerprint density at radius 2 is 2.29 bits per heavy atom. The van der Waals surface area contributed by atoms with Crippen LogP contribution in [0.2, 0.25) is 0 Å². The van der Waals surface area contributed by atoms with E-state index in [9.17, 15) is 4.79 Å². The van der Waals surface area contributed by atoms with Crippen LogP contribution in [-0.2, 0) is 4.79 Å². The number of hydrogen-bond acceptors (Lipinski definition) is 2. The standard InChI is InChI=1S/C12H15NO/c1-8-7-11(5-6-13-8)12(9(2)14)10-3-4-10/h5-7,10,12H,3-4H2,1-2H3. The van der Waals surface area contributed by atoms with Crippen molar-refractivity contribution in [3.63, 3.8) is 0 Å². The second kappa shape index (κ2) is 3.52. The van der Waals surface area contributed by atoms with Crippen LogP contribution in [0.3, 0.4) is 0 Å². The minimum absolute atomic E-state index is 0.122. The molecule has 2 rings (SSSR count). The predicted octanol–water partition coefficient (Wildman–Crippen LogP) is 2.47. The first-order valence-electron chi connectivity index (χ1n) is 5.11. The molecule has 0 amide bonds. The number of rotatable bonds is 3. The Bertz CT molecular complexity index is 355. The topological polar surface area (TPSA) is 30.0 Å². The summed E-state index contributed by atoms with van der Waals surface area (Å²) in [4.78, 5) is 15.7. The highest BCUT2D eigenvalue weighted by Gasteiger charge is 2.35. The molecule has 2 nitrogen and oxygen atoms in total. The first-order valence-corrected chi connectivity index (χ1v) is 5.11. The van der Waals surface area contributed by atoms with E-state index in [1.807, 2.05) is 19.1 Å². The molecule has 2 heteroatoms. The molecule has 0 bridgehead atoms. The first kappa shape index (κ1) is 9.38. The Morgan fingerprint density at radius 3 is 2.79 bits per heavy atom. The van der Waals surface area contributed by atoms with Crippen molar-refractivity contribution in [2.24, 2.45) is 5.92 Å². The predicted molar refractivity (Wildman–Crippen MR) is 55.1 cm³/mol. The van der Waals surface area contributed by atoms with E-state index in [1.54, 1.807) is 13.1 Å². The van der Waals surface area contributed by atoms with Gasteiger partial charge in [-0.3, -0.25) is 9.78 Å². The lowest BCUT2D eigenvalue weighted by atomic mass is 9.91. The van der Waals surface area contributed by atoms with E-state index in [4.69, 9.17) is 0 Å². The Kier molecular flexibility index (Phi) is 2.36.